The highest BCUT2D eigenvalue weighted by Gasteiger charge is 2.58. The van der Waals surface area contributed by atoms with Gasteiger partial charge in [0.1, 0.15) is 6.26 Å². The number of ether oxygens (including phenoxy) is 3. The van der Waals surface area contributed by atoms with Crippen molar-refractivity contribution in [2.75, 3.05) is 7.11 Å². The number of methoxy groups -OCH3 is 1. The Morgan fingerprint density at radius 1 is 1.27 bits per heavy atom. The van der Waals surface area contributed by atoms with Crippen LogP contribution in [0, 0.1) is 23.7 Å². The molecule has 1 aliphatic carbocycles. The highest BCUT2D eigenvalue weighted by molar-refractivity contribution is 6.05. The van der Waals surface area contributed by atoms with Gasteiger partial charge in [0, 0.05) is 5.92 Å². The Hall–Kier alpha value is -2.18. The summed E-state index contributed by atoms with van der Waals surface area (Å²) in [6.07, 6.45) is -0.115. The van der Waals surface area contributed by atoms with E-state index >= 15 is 0 Å². The molecular weight excluding hydrogens is 292 g/mol. The first-order valence-corrected chi connectivity index (χ1v) is 7.02. The van der Waals surface area contributed by atoms with Crippen LogP contribution in [0.25, 0.3) is 0 Å². The minimum atomic E-state index is -1.07. The number of esters is 3. The Bertz CT molecular complexity index is 560. The molecule has 22 heavy (non-hydrogen) atoms. The maximum Gasteiger partial charge on any atom is 0.337 e. The molecule has 0 bridgehead atoms. The largest absolute Gasteiger partial charge is 0.466 e. The summed E-state index contributed by atoms with van der Waals surface area (Å²) in [5, 5.41) is 0. The first-order valence-electron chi connectivity index (χ1n) is 7.02. The van der Waals surface area contributed by atoms with Crippen LogP contribution in [0.3, 0.4) is 0 Å². The van der Waals surface area contributed by atoms with E-state index in [9.17, 15) is 19.2 Å². The average Bonchev–Trinajstić information content (AvgIpc) is 2.72. The zero-order chi connectivity index (χ0) is 16.6. The van der Waals surface area contributed by atoms with Crippen LogP contribution in [0.2, 0.25) is 0 Å². The van der Waals surface area contributed by atoms with E-state index in [1.165, 1.54) is 7.11 Å². The van der Waals surface area contributed by atoms with Gasteiger partial charge < -0.3 is 14.2 Å². The fourth-order valence-electron chi connectivity index (χ4n) is 2.80. The van der Waals surface area contributed by atoms with Crippen molar-refractivity contribution in [3.05, 3.63) is 11.8 Å². The van der Waals surface area contributed by atoms with Gasteiger partial charge in [0.05, 0.1) is 30.4 Å². The second-order valence-electron chi connectivity index (χ2n) is 5.78. The van der Waals surface area contributed by atoms with Crippen molar-refractivity contribution in [2.24, 2.45) is 23.7 Å². The molecule has 1 aliphatic heterocycles. The number of cyclic esters (lactones) is 1. The molecule has 0 aromatic carbocycles. The molecule has 120 valence electrons. The molecule has 1 heterocycles. The smallest absolute Gasteiger partial charge is 0.337 e. The minimum absolute atomic E-state index is 0.0213. The summed E-state index contributed by atoms with van der Waals surface area (Å²) in [6, 6.07) is 0. The van der Waals surface area contributed by atoms with Crippen molar-refractivity contribution < 1.29 is 33.4 Å². The monoisotopic (exact) mass is 310 g/mol. The molecule has 7 heteroatoms. The van der Waals surface area contributed by atoms with Crippen LogP contribution in [-0.2, 0) is 33.4 Å². The molecule has 0 saturated heterocycles. The summed E-state index contributed by atoms with van der Waals surface area (Å²) in [5.41, 5.74) is -0.0213. The van der Waals surface area contributed by atoms with E-state index in [-0.39, 0.29) is 5.57 Å². The van der Waals surface area contributed by atoms with Crippen LogP contribution in [0.5, 0.6) is 0 Å². The second-order valence-corrected chi connectivity index (χ2v) is 5.78. The Kier molecular flexibility index (Phi) is 4.35. The SMILES string of the molecule is COC(=O)C1=COC(=O)[C@H]2[C@@H]1C(=O)[C@H](OC(=O)C(C)C)[C@H]2C. The van der Waals surface area contributed by atoms with Gasteiger partial charge in [-0.05, 0) is 0 Å². The zero-order valence-corrected chi connectivity index (χ0v) is 12.8. The van der Waals surface area contributed by atoms with Crippen LogP contribution in [0.15, 0.2) is 11.8 Å². The topological polar surface area (TPSA) is 96.0 Å². The van der Waals surface area contributed by atoms with E-state index in [4.69, 9.17) is 9.47 Å². The summed E-state index contributed by atoms with van der Waals surface area (Å²) in [5.74, 6) is -5.16. The summed E-state index contributed by atoms with van der Waals surface area (Å²) in [6.45, 7) is 4.92. The Balaban J connectivity index is 2.33. The number of rotatable bonds is 3. The lowest BCUT2D eigenvalue weighted by molar-refractivity contribution is -0.159. The zero-order valence-electron chi connectivity index (χ0n) is 12.8. The van der Waals surface area contributed by atoms with E-state index in [0.29, 0.717) is 0 Å². The lowest BCUT2D eigenvalue weighted by atomic mass is 9.84. The van der Waals surface area contributed by atoms with Crippen molar-refractivity contribution in [3.63, 3.8) is 0 Å². The fraction of sp³-hybridized carbons (Fsp3) is 0.600. The first kappa shape index (κ1) is 16.2. The van der Waals surface area contributed by atoms with Gasteiger partial charge in [0.2, 0.25) is 0 Å². The lowest BCUT2D eigenvalue weighted by Gasteiger charge is -2.24. The molecule has 2 rings (SSSR count). The molecule has 0 aromatic rings. The number of hydrogen-bond acceptors (Lipinski definition) is 7. The highest BCUT2D eigenvalue weighted by atomic mass is 16.6. The van der Waals surface area contributed by atoms with E-state index in [2.05, 4.69) is 4.74 Å². The van der Waals surface area contributed by atoms with Crippen molar-refractivity contribution in [1.29, 1.82) is 0 Å². The lowest BCUT2D eigenvalue weighted by Crippen LogP contribution is -2.34. The second kappa shape index (κ2) is 5.90. The number of Topliss-reactive ketones (excluding diaryl/α,β-unsaturated/α-hetero) is 1. The third kappa shape index (κ3) is 2.51. The van der Waals surface area contributed by atoms with Crippen LogP contribution in [0.1, 0.15) is 20.8 Å². The number of ketones is 1. The van der Waals surface area contributed by atoms with Crippen LogP contribution in [0.4, 0.5) is 0 Å². The Labute approximate surface area is 127 Å². The van der Waals surface area contributed by atoms with Crippen molar-refractivity contribution in [1.82, 2.24) is 0 Å². The summed E-state index contributed by atoms with van der Waals surface area (Å²) in [7, 11) is 1.17. The molecule has 0 amide bonds. The van der Waals surface area contributed by atoms with Gasteiger partial charge in [-0.1, -0.05) is 20.8 Å². The highest BCUT2D eigenvalue weighted by Crippen LogP contribution is 2.43. The number of carbonyl (C=O) groups excluding carboxylic acids is 4. The molecule has 1 fully saturated rings. The molecule has 0 N–H and O–H groups in total. The van der Waals surface area contributed by atoms with Crippen molar-refractivity contribution in [2.45, 2.75) is 26.9 Å². The standard InChI is InChI=1S/C15H18O7/c1-6(2)13(17)22-12-7(3)9-10(11(12)16)8(14(18)20-4)5-21-15(9)19/h5-7,9-10,12H,1-4H3/t7-,9+,10+,12+/m0/s1. The van der Waals surface area contributed by atoms with Gasteiger partial charge in [-0.15, -0.1) is 0 Å². The van der Waals surface area contributed by atoms with Crippen molar-refractivity contribution >= 4 is 23.7 Å². The van der Waals surface area contributed by atoms with E-state index in [0.717, 1.165) is 6.26 Å². The van der Waals surface area contributed by atoms with E-state index in [1.807, 2.05) is 0 Å². The molecule has 4 atom stereocenters. The van der Waals surface area contributed by atoms with Gasteiger partial charge >= 0.3 is 17.9 Å². The minimum Gasteiger partial charge on any atom is -0.466 e. The first-order chi connectivity index (χ1) is 10.3. The maximum absolute atomic E-state index is 12.6. The maximum atomic E-state index is 12.6. The summed E-state index contributed by atoms with van der Waals surface area (Å²) in [4.78, 5) is 48.0. The van der Waals surface area contributed by atoms with Gasteiger partial charge in [-0.25, -0.2) is 4.79 Å². The van der Waals surface area contributed by atoms with Gasteiger partial charge in [-0.2, -0.15) is 0 Å². The Morgan fingerprint density at radius 2 is 1.91 bits per heavy atom. The number of hydrogen-bond donors (Lipinski definition) is 0. The van der Waals surface area contributed by atoms with Crippen molar-refractivity contribution in [3.8, 4) is 0 Å². The van der Waals surface area contributed by atoms with Crippen LogP contribution in [-0.4, -0.2) is 36.9 Å². The van der Waals surface area contributed by atoms with E-state index in [1.54, 1.807) is 20.8 Å². The van der Waals surface area contributed by atoms with Gasteiger partial charge in [-0.3, -0.25) is 14.4 Å². The van der Waals surface area contributed by atoms with Gasteiger partial charge in [0.15, 0.2) is 11.9 Å². The normalized spacial score (nSPS) is 30.5. The van der Waals surface area contributed by atoms with E-state index < -0.39 is 53.5 Å². The Morgan fingerprint density at radius 3 is 2.45 bits per heavy atom. The molecule has 2 aliphatic rings. The molecule has 7 nitrogen and oxygen atoms in total. The van der Waals surface area contributed by atoms with Crippen LogP contribution >= 0.6 is 0 Å². The third-order valence-corrected chi connectivity index (χ3v) is 4.03. The predicted octanol–water partition coefficient (Wildman–Crippen LogP) is 0.619. The fourth-order valence-corrected chi connectivity index (χ4v) is 2.80. The average molecular weight is 310 g/mol. The third-order valence-electron chi connectivity index (χ3n) is 4.03. The molecule has 0 spiro atoms. The number of carbonyl (C=O) groups is 4. The van der Waals surface area contributed by atoms with Gasteiger partial charge in [0.25, 0.3) is 0 Å². The molecule has 0 unspecified atom stereocenters. The molecular formula is C15H18O7. The van der Waals surface area contributed by atoms with Crippen LogP contribution < -0.4 is 0 Å². The summed E-state index contributed by atoms with van der Waals surface area (Å²) >= 11 is 0. The number of fused-ring (bicyclic) bond motifs is 1. The predicted molar refractivity (Wildman–Crippen MR) is 72.1 cm³/mol. The molecule has 1 saturated carbocycles. The quantitative estimate of drug-likeness (QED) is 0.557. The molecule has 0 radical (unpaired) electrons. The molecule has 0 aromatic heterocycles. The summed E-state index contributed by atoms with van der Waals surface area (Å²) < 4.78 is 14.7.